The maximum atomic E-state index is 5.55. The van der Waals surface area contributed by atoms with E-state index in [2.05, 4.69) is 27.6 Å². The fourth-order valence-electron chi connectivity index (χ4n) is 4.75. The topological polar surface area (TPSA) is 67.4 Å². The number of aliphatic imine (C=N–C) groups is 1. The highest BCUT2D eigenvalue weighted by Gasteiger charge is 2.36. The Kier molecular flexibility index (Phi) is 7.47. The molecular weight excluding hydrogens is 368 g/mol. The van der Waals surface area contributed by atoms with Gasteiger partial charge in [0.05, 0.1) is 21.3 Å². The summed E-state index contributed by atoms with van der Waals surface area (Å²) in [5.41, 5.74) is 1.02. The van der Waals surface area contributed by atoms with Crippen LogP contribution in [0.4, 0.5) is 0 Å². The number of rotatable bonds is 7. The zero-order valence-electron chi connectivity index (χ0n) is 18.5. The predicted molar refractivity (Wildman–Crippen MR) is 117 cm³/mol. The van der Waals surface area contributed by atoms with E-state index in [9.17, 15) is 0 Å². The molecule has 2 aliphatic heterocycles. The number of nitrogens with zero attached hydrogens (tertiary/aromatic N) is 2. The van der Waals surface area contributed by atoms with Crippen LogP contribution in [0.1, 0.15) is 37.7 Å². The van der Waals surface area contributed by atoms with Gasteiger partial charge in [-0.15, -0.1) is 0 Å². The SMILES string of the molecule is CN=C(NCCc1c(OC)cc(OC)cc1OC)NC1CC2CCCC(C1)N2C. The van der Waals surface area contributed by atoms with Crippen molar-refractivity contribution in [2.45, 2.75) is 56.7 Å². The van der Waals surface area contributed by atoms with Gasteiger partial charge in [-0.3, -0.25) is 4.99 Å². The van der Waals surface area contributed by atoms with Gasteiger partial charge in [0.1, 0.15) is 17.2 Å². The molecule has 2 fully saturated rings. The van der Waals surface area contributed by atoms with Gasteiger partial charge in [0.15, 0.2) is 5.96 Å². The largest absolute Gasteiger partial charge is 0.496 e. The third-order valence-corrected chi connectivity index (χ3v) is 6.39. The quantitative estimate of drug-likeness (QED) is 0.537. The van der Waals surface area contributed by atoms with Gasteiger partial charge in [0.2, 0.25) is 0 Å². The molecule has 2 atom stereocenters. The van der Waals surface area contributed by atoms with Crippen LogP contribution in [0.15, 0.2) is 17.1 Å². The Morgan fingerprint density at radius 3 is 2.21 bits per heavy atom. The average molecular weight is 405 g/mol. The summed E-state index contributed by atoms with van der Waals surface area (Å²) in [5, 5.41) is 7.10. The van der Waals surface area contributed by atoms with E-state index in [0.29, 0.717) is 18.1 Å². The maximum absolute atomic E-state index is 5.55. The number of hydrogen-bond donors (Lipinski definition) is 2. The highest BCUT2D eigenvalue weighted by Crippen LogP contribution is 2.34. The molecule has 2 unspecified atom stereocenters. The van der Waals surface area contributed by atoms with Crippen LogP contribution in [-0.2, 0) is 6.42 Å². The molecule has 7 heteroatoms. The summed E-state index contributed by atoms with van der Waals surface area (Å²) in [4.78, 5) is 7.02. The third-order valence-electron chi connectivity index (χ3n) is 6.39. The van der Waals surface area contributed by atoms with Crippen molar-refractivity contribution >= 4 is 5.96 Å². The lowest BCUT2D eigenvalue weighted by molar-refractivity contribution is 0.0526. The number of fused-ring (bicyclic) bond motifs is 2. The van der Waals surface area contributed by atoms with Crippen molar-refractivity contribution in [2.24, 2.45) is 4.99 Å². The molecule has 2 saturated heterocycles. The van der Waals surface area contributed by atoms with E-state index in [1.807, 2.05) is 19.2 Å². The number of nitrogens with one attached hydrogen (secondary N) is 2. The normalized spacial score (nSPS) is 24.7. The molecule has 29 heavy (non-hydrogen) atoms. The van der Waals surface area contributed by atoms with E-state index < -0.39 is 0 Å². The summed E-state index contributed by atoms with van der Waals surface area (Å²) < 4.78 is 16.4. The molecule has 0 saturated carbocycles. The van der Waals surface area contributed by atoms with Gasteiger partial charge in [-0.25, -0.2) is 0 Å². The Morgan fingerprint density at radius 2 is 1.69 bits per heavy atom. The number of hydrogen-bond acceptors (Lipinski definition) is 5. The molecule has 3 rings (SSSR count). The molecule has 0 amide bonds. The summed E-state index contributed by atoms with van der Waals surface area (Å²) in [6, 6.07) is 5.67. The summed E-state index contributed by atoms with van der Waals surface area (Å²) in [5.74, 6) is 3.13. The minimum Gasteiger partial charge on any atom is -0.496 e. The molecule has 0 aliphatic carbocycles. The highest BCUT2D eigenvalue weighted by molar-refractivity contribution is 5.80. The zero-order chi connectivity index (χ0) is 20.8. The second-order valence-electron chi connectivity index (χ2n) is 7.98. The van der Waals surface area contributed by atoms with Gasteiger partial charge in [-0.05, 0) is 39.2 Å². The van der Waals surface area contributed by atoms with E-state index in [4.69, 9.17) is 14.2 Å². The Morgan fingerprint density at radius 1 is 1.07 bits per heavy atom. The first-order chi connectivity index (χ1) is 14.1. The first kappa shape index (κ1) is 21.6. The highest BCUT2D eigenvalue weighted by atomic mass is 16.5. The monoisotopic (exact) mass is 404 g/mol. The molecule has 7 nitrogen and oxygen atoms in total. The number of methoxy groups -OCH3 is 3. The van der Waals surface area contributed by atoms with Crippen LogP contribution in [0.2, 0.25) is 0 Å². The van der Waals surface area contributed by atoms with Crippen molar-refractivity contribution in [2.75, 3.05) is 42.0 Å². The fraction of sp³-hybridized carbons (Fsp3) is 0.682. The van der Waals surface area contributed by atoms with Crippen molar-refractivity contribution in [3.63, 3.8) is 0 Å². The van der Waals surface area contributed by atoms with Crippen molar-refractivity contribution in [1.29, 1.82) is 0 Å². The number of benzene rings is 1. The molecule has 162 valence electrons. The van der Waals surface area contributed by atoms with E-state index in [0.717, 1.165) is 41.7 Å². The lowest BCUT2D eigenvalue weighted by atomic mass is 9.82. The average Bonchev–Trinajstić information content (AvgIpc) is 2.73. The van der Waals surface area contributed by atoms with Gasteiger partial charge in [0, 0.05) is 49.4 Å². The van der Waals surface area contributed by atoms with E-state index in [1.165, 1.54) is 32.1 Å². The lowest BCUT2D eigenvalue weighted by Gasteiger charge is -2.47. The minimum atomic E-state index is 0.484. The molecule has 1 aromatic rings. The van der Waals surface area contributed by atoms with Crippen LogP contribution in [0, 0.1) is 0 Å². The van der Waals surface area contributed by atoms with Gasteiger partial charge in [-0.1, -0.05) is 6.42 Å². The summed E-state index contributed by atoms with van der Waals surface area (Å²) >= 11 is 0. The maximum Gasteiger partial charge on any atom is 0.191 e. The molecule has 1 aromatic carbocycles. The van der Waals surface area contributed by atoms with Gasteiger partial charge in [-0.2, -0.15) is 0 Å². The van der Waals surface area contributed by atoms with Crippen LogP contribution in [-0.4, -0.2) is 71.0 Å². The van der Waals surface area contributed by atoms with Crippen molar-refractivity contribution in [3.8, 4) is 17.2 Å². The molecule has 2 heterocycles. The van der Waals surface area contributed by atoms with Gasteiger partial charge < -0.3 is 29.7 Å². The predicted octanol–water partition coefficient (Wildman–Crippen LogP) is 2.44. The first-order valence-electron chi connectivity index (χ1n) is 10.6. The van der Waals surface area contributed by atoms with Gasteiger partial charge in [0.25, 0.3) is 0 Å². The molecular formula is C22H36N4O3. The summed E-state index contributed by atoms with van der Waals surface area (Å²) in [7, 11) is 9.10. The molecule has 2 bridgehead atoms. The van der Waals surface area contributed by atoms with E-state index in [1.54, 1.807) is 21.3 Å². The van der Waals surface area contributed by atoms with Crippen molar-refractivity contribution < 1.29 is 14.2 Å². The molecule has 2 aliphatic rings. The van der Waals surface area contributed by atoms with E-state index >= 15 is 0 Å². The Labute approximate surface area is 174 Å². The standard InChI is InChI=1S/C22H36N4O3/c1-23-22(25-15-11-16-7-6-8-17(12-15)26(16)2)24-10-9-19-20(28-4)13-18(27-3)14-21(19)29-5/h13-17H,6-12H2,1-5H3,(H2,23,24,25). The molecule has 0 spiro atoms. The van der Waals surface area contributed by atoms with Crippen LogP contribution >= 0.6 is 0 Å². The van der Waals surface area contributed by atoms with E-state index in [-0.39, 0.29) is 0 Å². The second kappa shape index (κ2) is 10.1. The minimum absolute atomic E-state index is 0.484. The molecule has 2 N–H and O–H groups in total. The number of guanidine groups is 1. The first-order valence-corrected chi connectivity index (χ1v) is 10.6. The number of piperidine rings is 2. The van der Waals surface area contributed by atoms with Crippen LogP contribution in [0.25, 0.3) is 0 Å². The Hall–Kier alpha value is -2.15. The summed E-state index contributed by atoms with van der Waals surface area (Å²) in [6.07, 6.45) is 7.13. The smallest absolute Gasteiger partial charge is 0.191 e. The Balaban J connectivity index is 1.57. The van der Waals surface area contributed by atoms with Gasteiger partial charge >= 0.3 is 0 Å². The zero-order valence-corrected chi connectivity index (χ0v) is 18.5. The summed E-state index contributed by atoms with van der Waals surface area (Å²) in [6.45, 7) is 0.734. The van der Waals surface area contributed by atoms with Crippen LogP contribution in [0.3, 0.4) is 0 Å². The molecule has 0 aromatic heterocycles. The van der Waals surface area contributed by atoms with Crippen molar-refractivity contribution in [3.05, 3.63) is 17.7 Å². The Bertz CT molecular complexity index is 670. The lowest BCUT2D eigenvalue weighted by Crippen LogP contribution is -2.56. The number of ether oxygens (including phenoxy) is 3. The van der Waals surface area contributed by atoms with Crippen molar-refractivity contribution in [1.82, 2.24) is 15.5 Å². The second-order valence-corrected chi connectivity index (χ2v) is 7.98. The van der Waals surface area contributed by atoms with Crippen LogP contribution in [0.5, 0.6) is 17.2 Å². The molecule has 0 radical (unpaired) electrons. The fourth-order valence-corrected chi connectivity index (χ4v) is 4.75. The third kappa shape index (κ3) is 5.07. The van der Waals surface area contributed by atoms with Crippen LogP contribution < -0.4 is 24.8 Å².